The standard InChI is InChI=1S/C36H47ClN8O/c1-7-8-9-10-24(2)33(32-23-45(43-42-32)29-11-15-44(16-12-29)36(4,5)6)41-28-19-30-34(40-25(3)26-13-17-46-18-14-26)27(21-38)22-39-35(30)31(37)20-28/h7-10,19-20,22-23,25-26,29,33,41H,2,11-18H2,1,3-6H3,(H,39,40)/b8-7-,10-9-/t25-,33-/m0/s1. The zero-order valence-electron chi connectivity index (χ0n) is 27.8. The van der Waals surface area contributed by atoms with Crippen molar-refractivity contribution in [3.8, 4) is 6.07 Å². The van der Waals surface area contributed by atoms with Crippen LogP contribution in [0.5, 0.6) is 0 Å². The van der Waals surface area contributed by atoms with Crippen molar-refractivity contribution in [2.45, 2.75) is 84.0 Å². The number of hydrogen-bond acceptors (Lipinski definition) is 8. The number of ether oxygens (including phenoxy) is 1. The molecule has 0 saturated carbocycles. The minimum atomic E-state index is -0.358. The van der Waals surface area contributed by atoms with Crippen molar-refractivity contribution in [3.63, 3.8) is 0 Å². The molecule has 244 valence electrons. The summed E-state index contributed by atoms with van der Waals surface area (Å²) >= 11 is 6.86. The molecule has 0 spiro atoms. The molecule has 2 aliphatic rings. The molecule has 4 heterocycles. The first-order valence-corrected chi connectivity index (χ1v) is 16.7. The SMILES string of the molecule is C=C(/C=C\C=C/C)[C@H](Nc1cc(Cl)c2ncc(C#N)c(N[C@@H](C)C3CCOCC3)c2c1)c1cn(C2CCN(C(C)(C)C)CC2)nn1. The Morgan fingerprint density at radius 3 is 2.57 bits per heavy atom. The smallest absolute Gasteiger partial charge is 0.109 e. The Morgan fingerprint density at radius 2 is 1.89 bits per heavy atom. The van der Waals surface area contributed by atoms with Crippen molar-refractivity contribution in [3.05, 3.63) is 77.3 Å². The highest BCUT2D eigenvalue weighted by atomic mass is 35.5. The molecule has 2 N–H and O–H groups in total. The lowest BCUT2D eigenvalue weighted by molar-refractivity contribution is 0.0622. The summed E-state index contributed by atoms with van der Waals surface area (Å²) in [4.78, 5) is 7.09. The molecule has 2 fully saturated rings. The Hall–Kier alpha value is -3.71. The molecule has 9 nitrogen and oxygen atoms in total. The molecule has 3 aromatic rings. The lowest BCUT2D eigenvalue weighted by Gasteiger charge is -2.40. The molecule has 2 aliphatic heterocycles. The number of fused-ring (bicyclic) bond motifs is 1. The van der Waals surface area contributed by atoms with Crippen molar-refractivity contribution in [1.82, 2.24) is 24.9 Å². The topological polar surface area (TPSA) is 104 Å². The predicted octanol–water partition coefficient (Wildman–Crippen LogP) is 7.86. The first-order valence-electron chi connectivity index (χ1n) is 16.4. The molecule has 2 aromatic heterocycles. The van der Waals surface area contributed by atoms with Crippen LogP contribution in [0.1, 0.15) is 83.6 Å². The molecule has 1 aromatic carbocycles. The van der Waals surface area contributed by atoms with E-state index in [1.165, 1.54) is 0 Å². The fourth-order valence-electron chi connectivity index (χ4n) is 6.46. The third-order valence-corrected chi connectivity index (χ3v) is 9.59. The fraction of sp³-hybridized carbons (Fsp3) is 0.500. The highest BCUT2D eigenvalue weighted by molar-refractivity contribution is 6.35. The molecule has 0 bridgehead atoms. The number of aromatic nitrogens is 4. The number of halogens is 1. The van der Waals surface area contributed by atoms with E-state index < -0.39 is 0 Å². The maximum Gasteiger partial charge on any atom is 0.109 e. The second-order valence-electron chi connectivity index (χ2n) is 13.4. The van der Waals surface area contributed by atoms with Crippen molar-refractivity contribution in [1.29, 1.82) is 5.26 Å². The Balaban J connectivity index is 1.46. The van der Waals surface area contributed by atoms with Crippen LogP contribution in [0.3, 0.4) is 0 Å². The zero-order valence-corrected chi connectivity index (χ0v) is 28.5. The van der Waals surface area contributed by atoms with E-state index in [1.807, 2.05) is 54.2 Å². The van der Waals surface area contributed by atoms with Gasteiger partial charge in [-0.2, -0.15) is 5.26 Å². The van der Waals surface area contributed by atoms with Gasteiger partial charge in [0.1, 0.15) is 11.8 Å². The molecule has 5 rings (SSSR count). The van der Waals surface area contributed by atoms with Crippen LogP contribution in [-0.2, 0) is 4.74 Å². The monoisotopic (exact) mass is 642 g/mol. The summed E-state index contributed by atoms with van der Waals surface area (Å²) in [5.74, 6) is 0.445. The van der Waals surface area contributed by atoms with Gasteiger partial charge in [0.05, 0.1) is 40.1 Å². The average molecular weight is 643 g/mol. The van der Waals surface area contributed by atoms with Crippen molar-refractivity contribution >= 4 is 33.9 Å². The predicted molar refractivity (Wildman–Crippen MR) is 187 cm³/mol. The number of hydrogen-bond donors (Lipinski definition) is 2. The summed E-state index contributed by atoms with van der Waals surface area (Å²) in [6.45, 7) is 18.9. The van der Waals surface area contributed by atoms with Crippen molar-refractivity contribution in [2.75, 3.05) is 36.9 Å². The number of rotatable bonds is 10. The molecular formula is C36H47ClN8O. The van der Waals surface area contributed by atoms with Crippen LogP contribution < -0.4 is 10.6 Å². The van der Waals surface area contributed by atoms with Gasteiger partial charge in [0.25, 0.3) is 0 Å². The molecule has 0 radical (unpaired) electrons. The van der Waals surface area contributed by atoms with Gasteiger partial charge in [-0.1, -0.05) is 47.7 Å². The van der Waals surface area contributed by atoms with Crippen molar-refractivity contribution in [2.24, 2.45) is 5.92 Å². The second-order valence-corrected chi connectivity index (χ2v) is 13.9. The first-order chi connectivity index (χ1) is 22.1. The number of nitriles is 1. The fourth-order valence-corrected chi connectivity index (χ4v) is 6.72. The Labute approximate surface area is 278 Å². The molecule has 0 unspecified atom stereocenters. The number of likely N-dealkylation sites (tertiary alicyclic amines) is 1. The number of nitrogens with zero attached hydrogens (tertiary/aromatic N) is 6. The summed E-state index contributed by atoms with van der Waals surface area (Å²) in [6, 6.07) is 6.29. The van der Waals surface area contributed by atoms with Gasteiger partial charge in [0.2, 0.25) is 0 Å². The maximum absolute atomic E-state index is 10.0. The minimum Gasteiger partial charge on any atom is -0.381 e. The van der Waals surface area contributed by atoms with Gasteiger partial charge >= 0.3 is 0 Å². The summed E-state index contributed by atoms with van der Waals surface area (Å²) in [7, 11) is 0. The molecule has 2 saturated heterocycles. The zero-order chi connectivity index (χ0) is 32.8. The van der Waals surface area contributed by atoms with Crippen LogP contribution in [0.2, 0.25) is 5.02 Å². The third kappa shape index (κ3) is 7.80. The molecular weight excluding hydrogens is 596 g/mol. The van der Waals surface area contributed by atoms with E-state index in [4.69, 9.17) is 16.3 Å². The van der Waals surface area contributed by atoms with Crippen LogP contribution in [-0.4, -0.2) is 62.8 Å². The Kier molecular flexibility index (Phi) is 10.8. The number of allylic oxidation sites excluding steroid dienone is 3. The van der Waals surface area contributed by atoms with Gasteiger partial charge in [-0.15, -0.1) is 5.10 Å². The maximum atomic E-state index is 10.0. The van der Waals surface area contributed by atoms with E-state index in [0.717, 1.165) is 80.0 Å². The molecule has 0 amide bonds. The van der Waals surface area contributed by atoms with Crippen LogP contribution >= 0.6 is 11.6 Å². The van der Waals surface area contributed by atoms with E-state index in [1.54, 1.807) is 6.20 Å². The molecule has 0 aliphatic carbocycles. The molecule has 10 heteroatoms. The molecule has 2 atom stereocenters. The Bertz CT molecular complexity index is 1620. The van der Waals surface area contributed by atoms with Gasteiger partial charge in [-0.25, -0.2) is 4.68 Å². The highest BCUT2D eigenvalue weighted by Gasteiger charge is 2.29. The normalized spacial score (nSPS) is 18.6. The van der Waals surface area contributed by atoms with Crippen LogP contribution in [0.15, 0.2) is 61.0 Å². The lowest BCUT2D eigenvalue weighted by atomic mass is 9.92. The summed E-state index contributed by atoms with van der Waals surface area (Å²) in [5, 5.41) is 27.8. The van der Waals surface area contributed by atoms with Gasteiger partial charge in [0, 0.05) is 55.2 Å². The van der Waals surface area contributed by atoms with E-state index in [0.29, 0.717) is 28.1 Å². The molecule has 46 heavy (non-hydrogen) atoms. The lowest BCUT2D eigenvalue weighted by Crippen LogP contribution is -2.46. The van der Waals surface area contributed by atoms with E-state index in [2.05, 4.69) is 71.2 Å². The van der Waals surface area contributed by atoms with Gasteiger partial charge in [0.15, 0.2) is 0 Å². The van der Waals surface area contributed by atoms with Crippen molar-refractivity contribution < 1.29 is 4.74 Å². The third-order valence-electron chi connectivity index (χ3n) is 9.30. The van der Waals surface area contributed by atoms with Gasteiger partial charge in [-0.05, 0) is 83.9 Å². The van der Waals surface area contributed by atoms with Crippen LogP contribution in [0, 0.1) is 17.2 Å². The van der Waals surface area contributed by atoms with Gasteiger partial charge in [-0.3, -0.25) is 9.88 Å². The van der Waals surface area contributed by atoms with Crippen LogP contribution in [0.4, 0.5) is 11.4 Å². The van der Waals surface area contributed by atoms with E-state index in [-0.39, 0.29) is 17.6 Å². The summed E-state index contributed by atoms with van der Waals surface area (Å²) < 4.78 is 7.60. The largest absolute Gasteiger partial charge is 0.381 e. The summed E-state index contributed by atoms with van der Waals surface area (Å²) in [6.07, 6.45) is 15.6. The van der Waals surface area contributed by atoms with Gasteiger partial charge < -0.3 is 15.4 Å². The number of nitrogens with one attached hydrogen (secondary N) is 2. The first kappa shape index (κ1) is 33.6. The number of pyridine rings is 1. The Morgan fingerprint density at radius 1 is 1.15 bits per heavy atom. The average Bonchev–Trinajstić information content (AvgIpc) is 3.54. The number of anilines is 2. The number of benzene rings is 1. The van der Waals surface area contributed by atoms with E-state index in [9.17, 15) is 5.26 Å². The van der Waals surface area contributed by atoms with Crippen LogP contribution in [0.25, 0.3) is 10.9 Å². The van der Waals surface area contributed by atoms with E-state index >= 15 is 0 Å². The second kappa shape index (κ2) is 14.8. The minimum absolute atomic E-state index is 0.145. The number of piperidine rings is 1. The highest BCUT2D eigenvalue weighted by Crippen LogP contribution is 2.37. The summed E-state index contributed by atoms with van der Waals surface area (Å²) in [5.41, 5.74) is 4.41. The quantitative estimate of drug-likeness (QED) is 0.215.